The number of rotatable bonds is 17. The van der Waals surface area contributed by atoms with Crippen molar-refractivity contribution in [3.63, 3.8) is 0 Å². The van der Waals surface area contributed by atoms with Crippen molar-refractivity contribution < 1.29 is 9.47 Å². The molecule has 4 aromatic rings. The molecule has 4 N–H and O–H groups in total. The van der Waals surface area contributed by atoms with Crippen molar-refractivity contribution in [2.45, 2.75) is 128 Å². The van der Waals surface area contributed by atoms with Crippen LogP contribution in [0, 0.1) is 17.8 Å². The molecule has 4 heteroatoms. The third kappa shape index (κ3) is 10.3. The third-order valence-electron chi connectivity index (χ3n) is 12.2. The predicted octanol–water partition coefficient (Wildman–Crippen LogP) is 13.6. The molecule has 2 aliphatic rings. The molecule has 0 radical (unpaired) electrons. The van der Waals surface area contributed by atoms with Gasteiger partial charge < -0.3 is 20.9 Å². The summed E-state index contributed by atoms with van der Waals surface area (Å²) in [6, 6.07) is 32.9. The van der Waals surface area contributed by atoms with Crippen LogP contribution >= 0.6 is 0 Å². The van der Waals surface area contributed by atoms with E-state index in [-0.39, 0.29) is 5.41 Å². The summed E-state index contributed by atoms with van der Waals surface area (Å²) in [5.41, 5.74) is 16.0. The highest BCUT2D eigenvalue weighted by atomic mass is 16.5. The van der Waals surface area contributed by atoms with Crippen molar-refractivity contribution in [1.29, 1.82) is 0 Å². The quantitative estimate of drug-likeness (QED) is 0.0857. The fraction of sp³-hybridized carbons (Fsp3) is 0.489. The Bertz CT molecular complexity index is 1470. The zero-order valence-corrected chi connectivity index (χ0v) is 31.2. The molecular weight excluding hydrogens is 625 g/mol. The van der Waals surface area contributed by atoms with E-state index in [0.29, 0.717) is 0 Å². The average Bonchev–Trinajstić information content (AvgIpc) is 3.17. The fourth-order valence-corrected chi connectivity index (χ4v) is 9.07. The van der Waals surface area contributed by atoms with Gasteiger partial charge in [0.1, 0.15) is 23.0 Å². The molecule has 0 heterocycles. The molecule has 0 aromatic heterocycles. The van der Waals surface area contributed by atoms with Gasteiger partial charge in [0.2, 0.25) is 0 Å². The average molecular weight is 687 g/mol. The van der Waals surface area contributed by atoms with Crippen molar-refractivity contribution in [3.05, 3.63) is 108 Å². The SMILES string of the molecule is CCCCCCCCCCC[C@H]1CC[C@@H](C2CCC(c3ccc(Oc4ccc(N)cc4)cc3)(c3ccc(Oc4ccc(N)cc4)cc3)CC2)CC1. The second-order valence-corrected chi connectivity index (χ2v) is 15.7. The van der Waals surface area contributed by atoms with Crippen LogP contribution in [0.3, 0.4) is 0 Å². The molecule has 0 unspecified atom stereocenters. The van der Waals surface area contributed by atoms with Gasteiger partial charge in [0, 0.05) is 16.8 Å². The Morgan fingerprint density at radius 3 is 1.27 bits per heavy atom. The van der Waals surface area contributed by atoms with E-state index in [0.717, 1.165) is 52.1 Å². The summed E-state index contributed by atoms with van der Waals surface area (Å²) in [6.45, 7) is 2.30. The van der Waals surface area contributed by atoms with E-state index < -0.39 is 0 Å². The van der Waals surface area contributed by atoms with E-state index >= 15 is 0 Å². The number of ether oxygens (including phenoxy) is 2. The van der Waals surface area contributed by atoms with Crippen molar-refractivity contribution in [3.8, 4) is 23.0 Å². The lowest BCUT2D eigenvalue weighted by atomic mass is 9.60. The van der Waals surface area contributed by atoms with Crippen LogP contribution in [-0.4, -0.2) is 0 Å². The van der Waals surface area contributed by atoms with Gasteiger partial charge in [0.25, 0.3) is 0 Å². The van der Waals surface area contributed by atoms with E-state index in [1.165, 1.54) is 127 Å². The molecule has 2 fully saturated rings. The first-order valence-electron chi connectivity index (χ1n) is 20.3. The number of nitrogens with two attached hydrogens (primary N) is 2. The first kappa shape index (κ1) is 36.9. The molecule has 272 valence electrons. The fourth-order valence-electron chi connectivity index (χ4n) is 9.07. The molecule has 4 nitrogen and oxygen atoms in total. The zero-order chi connectivity index (χ0) is 35.3. The number of unbranched alkanes of at least 4 members (excludes halogenated alkanes) is 8. The Balaban J connectivity index is 1.06. The van der Waals surface area contributed by atoms with Gasteiger partial charge in [-0.3, -0.25) is 0 Å². The van der Waals surface area contributed by atoms with Gasteiger partial charge in [0.15, 0.2) is 0 Å². The number of benzene rings is 4. The lowest BCUT2D eigenvalue weighted by Crippen LogP contribution is -2.35. The van der Waals surface area contributed by atoms with Crippen molar-refractivity contribution in [2.75, 3.05) is 11.5 Å². The summed E-state index contributed by atoms with van der Waals surface area (Å²) in [7, 11) is 0. The monoisotopic (exact) mass is 686 g/mol. The number of hydrogen-bond acceptors (Lipinski definition) is 4. The Hall–Kier alpha value is -3.92. The Labute approximate surface area is 308 Å². The summed E-state index contributed by atoms with van der Waals surface area (Å²) >= 11 is 0. The van der Waals surface area contributed by atoms with Crippen LogP contribution in [0.1, 0.15) is 134 Å². The van der Waals surface area contributed by atoms with Gasteiger partial charge in [-0.1, -0.05) is 108 Å². The van der Waals surface area contributed by atoms with Gasteiger partial charge in [-0.25, -0.2) is 0 Å². The van der Waals surface area contributed by atoms with Crippen LogP contribution in [0.5, 0.6) is 23.0 Å². The summed E-state index contributed by atoms with van der Waals surface area (Å²) in [6.07, 6.45) is 25.1. The minimum Gasteiger partial charge on any atom is -0.457 e. The molecule has 0 bridgehead atoms. The summed E-state index contributed by atoms with van der Waals surface area (Å²) in [5.74, 6) is 5.99. The van der Waals surface area contributed by atoms with E-state index in [9.17, 15) is 0 Å². The first-order chi connectivity index (χ1) is 25.0. The molecule has 0 aliphatic heterocycles. The number of anilines is 2. The highest BCUT2D eigenvalue weighted by molar-refractivity contribution is 5.47. The normalized spacial score (nSPS) is 19.1. The Kier molecular flexibility index (Phi) is 13.4. The number of nitrogen functional groups attached to an aromatic ring is 2. The molecule has 2 saturated carbocycles. The van der Waals surface area contributed by atoms with Crippen LogP contribution < -0.4 is 20.9 Å². The molecule has 0 spiro atoms. The third-order valence-corrected chi connectivity index (χ3v) is 12.2. The van der Waals surface area contributed by atoms with Crippen molar-refractivity contribution in [2.24, 2.45) is 17.8 Å². The molecule has 0 amide bonds. The first-order valence-corrected chi connectivity index (χ1v) is 20.3. The van der Waals surface area contributed by atoms with Crippen LogP contribution in [0.4, 0.5) is 11.4 Å². The minimum atomic E-state index is -0.0246. The molecule has 51 heavy (non-hydrogen) atoms. The van der Waals surface area contributed by atoms with Crippen LogP contribution in [-0.2, 0) is 5.41 Å². The minimum absolute atomic E-state index is 0.0246. The van der Waals surface area contributed by atoms with Gasteiger partial charge in [-0.05, 0) is 140 Å². The summed E-state index contributed by atoms with van der Waals surface area (Å²) in [4.78, 5) is 0. The maximum absolute atomic E-state index is 6.18. The Morgan fingerprint density at radius 2 is 0.843 bits per heavy atom. The highest BCUT2D eigenvalue weighted by Gasteiger charge is 2.41. The van der Waals surface area contributed by atoms with E-state index in [1.807, 2.05) is 48.5 Å². The van der Waals surface area contributed by atoms with Gasteiger partial charge in [0.05, 0.1) is 0 Å². The van der Waals surface area contributed by atoms with Gasteiger partial charge in [-0.15, -0.1) is 0 Å². The molecule has 2 aliphatic carbocycles. The Morgan fingerprint density at radius 1 is 0.471 bits per heavy atom. The summed E-state index contributed by atoms with van der Waals surface area (Å²) < 4.78 is 12.4. The van der Waals surface area contributed by atoms with E-state index in [4.69, 9.17) is 20.9 Å². The molecule has 4 aromatic carbocycles. The second kappa shape index (κ2) is 18.5. The number of hydrogen-bond donors (Lipinski definition) is 2. The van der Waals surface area contributed by atoms with Crippen molar-refractivity contribution in [1.82, 2.24) is 0 Å². The lowest BCUT2D eigenvalue weighted by molar-refractivity contribution is 0.140. The summed E-state index contributed by atoms with van der Waals surface area (Å²) in [5, 5.41) is 0. The van der Waals surface area contributed by atoms with Crippen molar-refractivity contribution >= 4 is 11.4 Å². The maximum atomic E-state index is 6.18. The molecule has 0 atom stereocenters. The largest absolute Gasteiger partial charge is 0.457 e. The van der Waals surface area contributed by atoms with E-state index in [1.54, 1.807) is 0 Å². The smallest absolute Gasteiger partial charge is 0.127 e. The maximum Gasteiger partial charge on any atom is 0.127 e. The second-order valence-electron chi connectivity index (χ2n) is 15.7. The topological polar surface area (TPSA) is 70.5 Å². The van der Waals surface area contributed by atoms with Crippen LogP contribution in [0.2, 0.25) is 0 Å². The van der Waals surface area contributed by atoms with Gasteiger partial charge in [-0.2, -0.15) is 0 Å². The van der Waals surface area contributed by atoms with Crippen LogP contribution in [0.25, 0.3) is 0 Å². The van der Waals surface area contributed by atoms with Crippen LogP contribution in [0.15, 0.2) is 97.1 Å². The lowest BCUT2D eigenvalue weighted by Gasteiger charge is -2.44. The highest BCUT2D eigenvalue weighted by Crippen LogP contribution is 2.51. The molecule has 0 saturated heterocycles. The predicted molar refractivity (Wildman–Crippen MR) is 215 cm³/mol. The van der Waals surface area contributed by atoms with Gasteiger partial charge >= 0.3 is 0 Å². The standard InChI is InChI=1S/C47H62N2O2/c1-2-3-4-5-6-7-8-9-10-11-36-12-14-37(15-13-36)38-32-34-47(35-33-38,39-16-24-43(25-17-39)50-45-28-20-41(48)21-29-45)40-18-26-44(27-19-40)51-46-30-22-42(49)23-31-46/h16-31,36-38H,2-15,32-35,48-49H2,1H3/t36-,37+. The zero-order valence-electron chi connectivity index (χ0n) is 31.2. The van der Waals surface area contributed by atoms with E-state index in [2.05, 4.69) is 55.5 Å². The molecular formula is C47H62N2O2. The molecule has 6 rings (SSSR count).